The molecule has 0 radical (unpaired) electrons. The number of pyridine rings is 1. The van der Waals surface area contributed by atoms with Gasteiger partial charge in [0, 0.05) is 29.9 Å². The molecule has 1 saturated heterocycles. The van der Waals surface area contributed by atoms with Gasteiger partial charge in [-0.1, -0.05) is 0 Å². The molecule has 4 aromatic rings. The number of nitriles is 1. The number of piperidine rings is 1. The number of anilines is 2. The molecule has 1 fully saturated rings. The Morgan fingerprint density at radius 2 is 2.03 bits per heavy atom. The number of fused-ring (bicyclic) bond motifs is 1. The summed E-state index contributed by atoms with van der Waals surface area (Å²) >= 11 is 0. The summed E-state index contributed by atoms with van der Waals surface area (Å²) in [6.45, 7) is 2.39. The lowest BCUT2D eigenvalue weighted by Crippen LogP contribution is -2.47. The Bertz CT molecular complexity index is 1630. The molecule has 0 bridgehead atoms. The Hall–Kier alpha value is -4.99. The average molecular weight is 532 g/mol. The second-order valence-corrected chi connectivity index (χ2v) is 9.13. The molecule has 2 atom stereocenters. The fourth-order valence-corrected chi connectivity index (χ4v) is 4.90. The number of aromatic nitrogens is 5. The number of amides is 2. The quantitative estimate of drug-likeness (QED) is 0.397. The summed E-state index contributed by atoms with van der Waals surface area (Å²) in [6.07, 6.45) is 3.62. The van der Waals surface area contributed by atoms with Gasteiger partial charge in [0.25, 0.3) is 5.91 Å². The number of halogens is 2. The maximum atomic E-state index is 15.5. The van der Waals surface area contributed by atoms with Crippen LogP contribution in [-0.2, 0) is 4.79 Å². The molecule has 1 aromatic carbocycles. The van der Waals surface area contributed by atoms with Gasteiger partial charge in [0.2, 0.25) is 5.91 Å². The molecule has 0 spiro atoms. The first-order valence-corrected chi connectivity index (χ1v) is 12.2. The van der Waals surface area contributed by atoms with Crippen LogP contribution in [0, 0.1) is 23.0 Å². The Morgan fingerprint density at radius 3 is 2.77 bits per heavy atom. The van der Waals surface area contributed by atoms with Crippen molar-refractivity contribution in [3.05, 3.63) is 60.1 Å². The van der Waals surface area contributed by atoms with E-state index in [1.54, 1.807) is 9.58 Å². The predicted octanol–water partition coefficient (Wildman–Crippen LogP) is 3.47. The molecule has 39 heavy (non-hydrogen) atoms. The molecule has 0 aliphatic carbocycles. The first-order valence-electron chi connectivity index (χ1n) is 12.2. The molecule has 13 heteroatoms. The molecular weight excluding hydrogens is 508 g/mol. The SMILES string of the molecule is C[C@@H]1[C@H](n2nc(-c3ccc(C(=O)Nc4cc(F)ccn4)cc3F)c3c(N)ncnc32)CCCN1C(=O)CC#N. The van der Waals surface area contributed by atoms with Crippen LogP contribution in [0.1, 0.15) is 42.6 Å². The molecule has 2 amide bonds. The van der Waals surface area contributed by atoms with E-state index >= 15 is 4.39 Å². The van der Waals surface area contributed by atoms with Crippen molar-refractivity contribution in [3.8, 4) is 17.3 Å². The number of hydrogen-bond donors (Lipinski definition) is 2. The first kappa shape index (κ1) is 25.7. The van der Waals surface area contributed by atoms with Gasteiger partial charge >= 0.3 is 0 Å². The second-order valence-electron chi connectivity index (χ2n) is 9.13. The molecule has 3 aromatic heterocycles. The topological polar surface area (TPSA) is 156 Å². The Labute approximate surface area is 221 Å². The van der Waals surface area contributed by atoms with Crippen molar-refractivity contribution >= 4 is 34.5 Å². The zero-order chi connectivity index (χ0) is 27.7. The summed E-state index contributed by atoms with van der Waals surface area (Å²) in [6, 6.07) is 7.31. The summed E-state index contributed by atoms with van der Waals surface area (Å²) in [5, 5.41) is 16.4. The fraction of sp³-hybridized carbons (Fsp3) is 0.269. The van der Waals surface area contributed by atoms with Crippen molar-refractivity contribution in [1.29, 1.82) is 5.26 Å². The maximum absolute atomic E-state index is 15.5. The molecule has 1 aliphatic rings. The van der Waals surface area contributed by atoms with Crippen molar-refractivity contribution in [2.45, 2.75) is 38.3 Å². The van der Waals surface area contributed by atoms with Crippen LogP contribution in [0.25, 0.3) is 22.3 Å². The minimum atomic E-state index is -0.743. The van der Waals surface area contributed by atoms with Crippen molar-refractivity contribution < 1.29 is 18.4 Å². The molecule has 4 heterocycles. The maximum Gasteiger partial charge on any atom is 0.256 e. The zero-order valence-electron chi connectivity index (χ0n) is 20.8. The fourth-order valence-electron chi connectivity index (χ4n) is 4.90. The summed E-state index contributed by atoms with van der Waals surface area (Å²) in [7, 11) is 0. The highest BCUT2D eigenvalue weighted by atomic mass is 19.1. The number of carbonyl (C=O) groups is 2. The lowest BCUT2D eigenvalue weighted by Gasteiger charge is -2.39. The molecule has 5 rings (SSSR count). The van der Waals surface area contributed by atoms with E-state index in [1.807, 2.05) is 13.0 Å². The van der Waals surface area contributed by atoms with E-state index in [1.165, 1.54) is 24.7 Å². The third-order valence-electron chi connectivity index (χ3n) is 6.78. The van der Waals surface area contributed by atoms with Crippen molar-refractivity contribution in [3.63, 3.8) is 0 Å². The number of nitrogens with zero attached hydrogens (tertiary/aromatic N) is 7. The normalized spacial score (nSPS) is 17.1. The van der Waals surface area contributed by atoms with Gasteiger partial charge in [-0.3, -0.25) is 9.59 Å². The van der Waals surface area contributed by atoms with Gasteiger partial charge in [-0.05, 0) is 44.0 Å². The highest BCUT2D eigenvalue weighted by Gasteiger charge is 2.35. The van der Waals surface area contributed by atoms with Crippen LogP contribution in [0.5, 0.6) is 0 Å². The van der Waals surface area contributed by atoms with E-state index in [0.717, 1.165) is 18.2 Å². The molecule has 198 valence electrons. The summed E-state index contributed by atoms with van der Waals surface area (Å²) in [4.78, 5) is 39.1. The van der Waals surface area contributed by atoms with E-state index in [9.17, 15) is 14.0 Å². The molecule has 3 N–H and O–H groups in total. The molecule has 0 saturated carbocycles. The van der Waals surface area contributed by atoms with Crippen molar-refractivity contribution in [2.75, 3.05) is 17.6 Å². The zero-order valence-corrected chi connectivity index (χ0v) is 20.8. The van der Waals surface area contributed by atoms with Gasteiger partial charge < -0.3 is 16.0 Å². The summed E-state index contributed by atoms with van der Waals surface area (Å²) < 4.78 is 30.5. The number of nitrogens with one attached hydrogen (secondary N) is 1. The average Bonchev–Trinajstić information content (AvgIpc) is 3.29. The van der Waals surface area contributed by atoms with Gasteiger partial charge in [-0.25, -0.2) is 28.4 Å². The van der Waals surface area contributed by atoms with E-state index in [-0.39, 0.29) is 52.9 Å². The van der Waals surface area contributed by atoms with Gasteiger partial charge in [0.05, 0.1) is 23.5 Å². The highest BCUT2D eigenvalue weighted by molar-refractivity contribution is 6.04. The number of rotatable bonds is 5. The monoisotopic (exact) mass is 531 g/mol. The van der Waals surface area contributed by atoms with Gasteiger partial charge in [0.15, 0.2) is 5.65 Å². The Balaban J connectivity index is 1.52. The predicted molar refractivity (Wildman–Crippen MR) is 137 cm³/mol. The van der Waals surface area contributed by atoms with Crippen LogP contribution >= 0.6 is 0 Å². The summed E-state index contributed by atoms with van der Waals surface area (Å²) in [5.74, 6) is -2.17. The number of likely N-dealkylation sites (tertiary alicyclic amines) is 1. The van der Waals surface area contributed by atoms with Crippen LogP contribution < -0.4 is 11.1 Å². The van der Waals surface area contributed by atoms with E-state index < -0.39 is 17.5 Å². The van der Waals surface area contributed by atoms with E-state index in [2.05, 4.69) is 25.4 Å². The smallest absolute Gasteiger partial charge is 0.256 e. The van der Waals surface area contributed by atoms with E-state index in [0.29, 0.717) is 30.4 Å². The number of hydrogen-bond acceptors (Lipinski definition) is 8. The van der Waals surface area contributed by atoms with Crippen molar-refractivity contribution in [1.82, 2.24) is 29.6 Å². The first-order chi connectivity index (χ1) is 18.8. The van der Waals surface area contributed by atoms with Gasteiger partial charge in [0.1, 0.15) is 41.7 Å². The minimum absolute atomic E-state index is 0.0111. The molecule has 1 aliphatic heterocycles. The molecular formula is C26H23F2N9O2. The number of nitrogens with two attached hydrogens (primary N) is 1. The third kappa shape index (κ3) is 4.84. The van der Waals surface area contributed by atoms with Crippen LogP contribution in [0.2, 0.25) is 0 Å². The van der Waals surface area contributed by atoms with Crippen molar-refractivity contribution in [2.24, 2.45) is 0 Å². The molecule has 11 nitrogen and oxygen atoms in total. The number of benzene rings is 1. The minimum Gasteiger partial charge on any atom is -0.383 e. The van der Waals surface area contributed by atoms with Gasteiger partial charge in [-0.15, -0.1) is 0 Å². The van der Waals surface area contributed by atoms with Crippen LogP contribution in [0.3, 0.4) is 0 Å². The third-order valence-corrected chi connectivity index (χ3v) is 6.78. The molecule has 0 unspecified atom stereocenters. The summed E-state index contributed by atoms with van der Waals surface area (Å²) in [5.41, 5.74) is 6.81. The lowest BCUT2D eigenvalue weighted by atomic mass is 9.97. The Morgan fingerprint density at radius 1 is 1.21 bits per heavy atom. The van der Waals surface area contributed by atoms with Crippen LogP contribution in [0.4, 0.5) is 20.4 Å². The number of carbonyl (C=O) groups excluding carboxylic acids is 2. The lowest BCUT2D eigenvalue weighted by molar-refractivity contribution is -0.134. The highest BCUT2D eigenvalue weighted by Crippen LogP contribution is 2.37. The Kier molecular flexibility index (Phi) is 6.84. The largest absolute Gasteiger partial charge is 0.383 e. The van der Waals surface area contributed by atoms with Crippen LogP contribution in [0.15, 0.2) is 42.9 Å². The van der Waals surface area contributed by atoms with E-state index in [4.69, 9.17) is 11.0 Å². The standard InChI is InChI=1S/C26H23F2N9O2/c1-14-19(3-2-10-36(14)21(38)6-8-29)37-25-22(24(30)32-13-33-25)23(35-37)17-5-4-15(11-18(17)28)26(39)34-20-12-16(27)7-9-31-20/h4-5,7,9,11-14,19H,2-3,6,10H2,1H3,(H2,30,32,33)(H,31,34,39)/t14-,19-/m1/s1. The second kappa shape index (κ2) is 10.4. The van der Waals surface area contributed by atoms with Crippen LogP contribution in [-0.4, -0.2) is 54.0 Å². The van der Waals surface area contributed by atoms with Gasteiger partial charge in [-0.2, -0.15) is 10.4 Å². The number of nitrogen functional groups attached to an aromatic ring is 1.